The average Bonchev–Trinajstić information content (AvgIpc) is 3.09. The van der Waals surface area contributed by atoms with E-state index in [2.05, 4.69) is 97.9 Å². The molecule has 168 valence electrons. The summed E-state index contributed by atoms with van der Waals surface area (Å²) < 4.78 is 0. The number of rotatable bonds is 5. The Morgan fingerprint density at radius 3 is 1.90 bits per heavy atom. The molecule has 31 heavy (non-hydrogen) atoms. The van der Waals surface area contributed by atoms with Gasteiger partial charge in [0.2, 0.25) is 0 Å². The molecule has 0 aliphatic carbocycles. The van der Waals surface area contributed by atoms with E-state index in [0.29, 0.717) is 11.8 Å². The van der Waals surface area contributed by atoms with Crippen molar-refractivity contribution in [3.63, 3.8) is 0 Å². The summed E-state index contributed by atoms with van der Waals surface area (Å²) in [5, 5.41) is 2.80. The van der Waals surface area contributed by atoms with Gasteiger partial charge in [0.15, 0.2) is 0 Å². The SMILES string of the molecule is CCCc1cc2c(-c3cc(C(C)C)cc(C(C)C)c3)c(C(C)(C)C)ccc2[cH-]1.[Cl][Zr][Cl]. The fraction of sp³-hybridized carbons (Fsp3) is 0.464. The van der Waals surface area contributed by atoms with E-state index in [1.54, 1.807) is 0 Å². The van der Waals surface area contributed by atoms with E-state index in [-0.39, 0.29) is 5.41 Å². The van der Waals surface area contributed by atoms with Crippen molar-refractivity contribution < 1.29 is 20.8 Å². The molecule has 0 saturated heterocycles. The van der Waals surface area contributed by atoms with Crippen LogP contribution in [0.1, 0.15) is 95.9 Å². The Balaban J connectivity index is 0.00000107. The Bertz CT molecular complexity index is 964. The van der Waals surface area contributed by atoms with Crippen LogP contribution in [0.3, 0.4) is 0 Å². The summed E-state index contributed by atoms with van der Waals surface area (Å²) in [6, 6.07) is 16.8. The summed E-state index contributed by atoms with van der Waals surface area (Å²) in [5.41, 5.74) is 8.74. The van der Waals surface area contributed by atoms with Crippen molar-refractivity contribution in [2.24, 2.45) is 0 Å². The number of halogens is 2. The van der Waals surface area contributed by atoms with Crippen molar-refractivity contribution in [3.8, 4) is 11.1 Å². The van der Waals surface area contributed by atoms with Crippen molar-refractivity contribution in [1.82, 2.24) is 0 Å². The van der Waals surface area contributed by atoms with Gasteiger partial charge in [0, 0.05) is 0 Å². The second kappa shape index (κ2) is 11.6. The molecule has 0 spiro atoms. The molecule has 3 aromatic carbocycles. The second-order valence-corrected chi connectivity index (χ2v) is 13.9. The Hall–Kier alpha value is -0.487. The molecule has 0 bridgehead atoms. The van der Waals surface area contributed by atoms with Crippen LogP contribution in [0.2, 0.25) is 0 Å². The molecule has 0 N–H and O–H groups in total. The first kappa shape index (κ1) is 26.8. The number of hydrogen-bond donors (Lipinski definition) is 0. The summed E-state index contributed by atoms with van der Waals surface area (Å²) in [6.07, 6.45) is 2.35. The van der Waals surface area contributed by atoms with Crippen molar-refractivity contribution in [1.29, 1.82) is 0 Å². The van der Waals surface area contributed by atoms with Gasteiger partial charge in [-0.2, -0.15) is 6.07 Å². The minimum atomic E-state index is -0.826. The zero-order valence-corrected chi connectivity index (χ0v) is 24.3. The standard InChI is InChI=1S/C28H37.2ClH.Zr/c1-9-10-20-13-21-11-12-26(28(6,7)8)27(25(21)14-20)24-16-22(18(2)3)15-23(17-24)19(4)5;;;/h11-19H,9-10H2,1-8H3;2*1H;/q-1;;;+2/p-2. The Morgan fingerprint density at radius 1 is 0.903 bits per heavy atom. The normalized spacial score (nSPS) is 11.7. The van der Waals surface area contributed by atoms with Crippen molar-refractivity contribution in [2.45, 2.75) is 85.5 Å². The summed E-state index contributed by atoms with van der Waals surface area (Å²) in [4.78, 5) is 0. The molecule has 0 heterocycles. The average molecular weight is 536 g/mol. The van der Waals surface area contributed by atoms with Crippen molar-refractivity contribution in [2.75, 3.05) is 0 Å². The molecule has 0 unspecified atom stereocenters. The number of aryl methyl sites for hydroxylation is 1. The van der Waals surface area contributed by atoms with Gasteiger partial charge in [-0.1, -0.05) is 91.1 Å². The predicted molar refractivity (Wildman–Crippen MR) is 138 cm³/mol. The van der Waals surface area contributed by atoms with Crippen LogP contribution in [0.5, 0.6) is 0 Å². The van der Waals surface area contributed by atoms with E-state index in [9.17, 15) is 0 Å². The molecular weight excluding hydrogens is 498 g/mol. The van der Waals surface area contributed by atoms with E-state index in [0.717, 1.165) is 6.42 Å². The monoisotopic (exact) mass is 533 g/mol. The Kier molecular flexibility index (Phi) is 10.0. The molecular formula is C28H37Cl2Zr-. The van der Waals surface area contributed by atoms with Crippen LogP contribution in [-0.2, 0) is 32.7 Å². The fourth-order valence-corrected chi connectivity index (χ4v) is 4.20. The van der Waals surface area contributed by atoms with Gasteiger partial charge in [-0.15, -0.1) is 34.5 Å². The third-order valence-corrected chi connectivity index (χ3v) is 5.90. The zero-order valence-electron chi connectivity index (χ0n) is 20.4. The summed E-state index contributed by atoms with van der Waals surface area (Å²) >= 11 is -0.826. The van der Waals surface area contributed by atoms with E-state index in [1.165, 1.54) is 50.6 Å². The number of fused-ring (bicyclic) bond motifs is 1. The summed E-state index contributed by atoms with van der Waals surface area (Å²) in [7, 11) is 9.87. The maximum atomic E-state index is 4.93. The molecule has 0 saturated carbocycles. The predicted octanol–water partition coefficient (Wildman–Crippen LogP) is 10.1. The minimum absolute atomic E-state index is 0.109. The van der Waals surface area contributed by atoms with Gasteiger partial charge in [-0.3, -0.25) is 0 Å². The topological polar surface area (TPSA) is 0 Å². The maximum absolute atomic E-state index is 4.93. The summed E-state index contributed by atoms with van der Waals surface area (Å²) in [6.45, 7) is 18.5. The molecule has 3 heteroatoms. The van der Waals surface area contributed by atoms with Gasteiger partial charge >= 0.3 is 37.9 Å². The van der Waals surface area contributed by atoms with E-state index >= 15 is 0 Å². The molecule has 0 atom stereocenters. The number of benzene rings is 2. The van der Waals surface area contributed by atoms with Gasteiger partial charge in [-0.25, -0.2) is 0 Å². The van der Waals surface area contributed by atoms with Gasteiger partial charge in [0.05, 0.1) is 0 Å². The third kappa shape index (κ3) is 6.75. The first-order chi connectivity index (χ1) is 14.5. The first-order valence-corrected chi connectivity index (χ1v) is 17.7. The van der Waals surface area contributed by atoms with E-state index in [4.69, 9.17) is 17.0 Å². The van der Waals surface area contributed by atoms with Crippen LogP contribution < -0.4 is 0 Å². The quantitative estimate of drug-likeness (QED) is 0.285. The van der Waals surface area contributed by atoms with Gasteiger partial charge in [0.25, 0.3) is 0 Å². The summed E-state index contributed by atoms with van der Waals surface area (Å²) in [5.74, 6) is 1.06. The molecule has 0 amide bonds. The van der Waals surface area contributed by atoms with Crippen LogP contribution >= 0.6 is 17.0 Å². The molecule has 0 radical (unpaired) electrons. The fourth-order valence-electron chi connectivity index (χ4n) is 4.20. The van der Waals surface area contributed by atoms with Gasteiger partial charge in [-0.05, 0) is 40.4 Å². The molecule has 0 aliphatic heterocycles. The first-order valence-electron chi connectivity index (χ1n) is 11.4. The Morgan fingerprint density at radius 2 is 1.45 bits per heavy atom. The molecule has 0 fully saturated rings. The van der Waals surface area contributed by atoms with E-state index < -0.39 is 20.8 Å². The van der Waals surface area contributed by atoms with Crippen LogP contribution in [-0.4, -0.2) is 0 Å². The second-order valence-electron chi connectivity index (χ2n) is 10.1. The van der Waals surface area contributed by atoms with Crippen LogP contribution in [0.15, 0.2) is 42.5 Å². The molecule has 0 nitrogen and oxygen atoms in total. The Labute approximate surface area is 208 Å². The number of hydrogen-bond acceptors (Lipinski definition) is 0. The van der Waals surface area contributed by atoms with Gasteiger partial charge in [0.1, 0.15) is 0 Å². The molecule has 0 aromatic heterocycles. The van der Waals surface area contributed by atoms with Gasteiger partial charge < -0.3 is 0 Å². The molecule has 3 aromatic rings. The van der Waals surface area contributed by atoms with Crippen molar-refractivity contribution >= 4 is 27.8 Å². The van der Waals surface area contributed by atoms with Crippen LogP contribution in [0, 0.1) is 0 Å². The van der Waals surface area contributed by atoms with E-state index in [1.807, 2.05) is 0 Å². The zero-order chi connectivity index (χ0) is 23.3. The molecule has 0 aliphatic rings. The van der Waals surface area contributed by atoms with Crippen LogP contribution in [0.25, 0.3) is 21.9 Å². The molecule has 3 rings (SSSR count). The van der Waals surface area contributed by atoms with Crippen molar-refractivity contribution in [3.05, 3.63) is 64.7 Å². The third-order valence-electron chi connectivity index (χ3n) is 5.90. The van der Waals surface area contributed by atoms with Crippen LogP contribution in [0.4, 0.5) is 0 Å².